The molecule has 0 spiro atoms. The lowest BCUT2D eigenvalue weighted by Crippen LogP contribution is -2.35. The minimum absolute atomic E-state index is 0.0955. The largest absolute Gasteiger partial charge is 0.462 e. The molecule has 0 aromatic carbocycles. The smallest absolute Gasteiger partial charge is 0.376 e. The van der Waals surface area contributed by atoms with Crippen LogP contribution in [0.25, 0.3) is 0 Å². The number of halogens is 2. The van der Waals surface area contributed by atoms with Crippen molar-refractivity contribution in [2.24, 2.45) is 0 Å². The average Bonchev–Trinajstić information content (AvgIpc) is 2.13. The monoisotopic (exact) mass is 252 g/mol. The third kappa shape index (κ3) is 6.19. The number of ether oxygens (including phenoxy) is 2. The van der Waals surface area contributed by atoms with Crippen LogP contribution in [-0.2, 0) is 19.1 Å². The zero-order valence-corrected chi connectivity index (χ0v) is 10.5. The maximum Gasteiger partial charge on any atom is 0.376 e. The van der Waals surface area contributed by atoms with E-state index < -0.39 is 29.9 Å². The van der Waals surface area contributed by atoms with Crippen LogP contribution in [0.2, 0.25) is 0 Å². The fourth-order valence-electron chi connectivity index (χ4n) is 1.24. The van der Waals surface area contributed by atoms with E-state index in [1.54, 1.807) is 0 Å². The molecule has 0 N–H and O–H groups in total. The van der Waals surface area contributed by atoms with E-state index in [0.29, 0.717) is 0 Å². The second-order valence-electron chi connectivity index (χ2n) is 4.28. The highest BCUT2D eigenvalue weighted by Crippen LogP contribution is 2.27. The summed E-state index contributed by atoms with van der Waals surface area (Å²) < 4.78 is 35.6. The van der Waals surface area contributed by atoms with Gasteiger partial charge in [0.15, 0.2) is 0 Å². The van der Waals surface area contributed by atoms with Crippen molar-refractivity contribution in [1.82, 2.24) is 0 Å². The highest BCUT2D eigenvalue weighted by molar-refractivity contribution is 5.77. The lowest BCUT2D eigenvalue weighted by molar-refractivity contribution is -0.175. The Labute approximate surface area is 99.3 Å². The summed E-state index contributed by atoms with van der Waals surface area (Å²) in [5.41, 5.74) is -1.03. The van der Waals surface area contributed by atoms with Crippen molar-refractivity contribution >= 4 is 11.9 Å². The molecular weight excluding hydrogens is 234 g/mol. The van der Waals surface area contributed by atoms with Crippen LogP contribution in [0.3, 0.4) is 0 Å². The Kier molecular flexibility index (Phi) is 5.51. The molecule has 0 heterocycles. The predicted molar refractivity (Wildman–Crippen MR) is 56.7 cm³/mol. The number of hydrogen-bond acceptors (Lipinski definition) is 4. The molecule has 0 aromatic rings. The lowest BCUT2D eigenvalue weighted by atomic mass is 9.99. The van der Waals surface area contributed by atoms with E-state index in [9.17, 15) is 18.4 Å². The summed E-state index contributed by atoms with van der Waals surface area (Å²) in [6.45, 7) is 5.58. The molecule has 0 amide bonds. The molecule has 6 heteroatoms. The van der Waals surface area contributed by atoms with Crippen LogP contribution >= 0.6 is 0 Å². The Balaban J connectivity index is 4.34. The van der Waals surface area contributed by atoms with Crippen molar-refractivity contribution in [2.45, 2.75) is 52.1 Å². The minimum atomic E-state index is -3.55. The van der Waals surface area contributed by atoms with E-state index in [1.807, 2.05) is 0 Å². The second-order valence-corrected chi connectivity index (χ2v) is 4.28. The van der Waals surface area contributed by atoms with Crippen LogP contribution in [0.4, 0.5) is 8.78 Å². The third-order valence-electron chi connectivity index (χ3n) is 2.04. The fraction of sp³-hybridized carbons (Fsp3) is 0.818. The Morgan fingerprint density at radius 1 is 1.18 bits per heavy atom. The van der Waals surface area contributed by atoms with Gasteiger partial charge in [-0.3, -0.25) is 4.79 Å². The van der Waals surface area contributed by atoms with Gasteiger partial charge in [0.2, 0.25) is 0 Å². The summed E-state index contributed by atoms with van der Waals surface area (Å²) in [6.07, 6.45) is -0.843. The van der Waals surface area contributed by atoms with Gasteiger partial charge in [0.1, 0.15) is 5.60 Å². The van der Waals surface area contributed by atoms with E-state index in [4.69, 9.17) is 4.74 Å². The summed E-state index contributed by atoms with van der Waals surface area (Å²) in [7, 11) is 0. The maximum atomic E-state index is 13.3. The van der Waals surface area contributed by atoms with E-state index in [1.165, 1.54) is 27.7 Å². The quantitative estimate of drug-likeness (QED) is 0.681. The first-order valence-electron chi connectivity index (χ1n) is 5.35. The van der Waals surface area contributed by atoms with E-state index >= 15 is 0 Å². The Morgan fingerprint density at radius 2 is 1.71 bits per heavy atom. The van der Waals surface area contributed by atoms with Gasteiger partial charge in [0, 0.05) is 13.3 Å². The zero-order chi connectivity index (χ0) is 13.7. The SMILES string of the molecule is CCOC(=O)C(F)(F)CCC(C)(C)OC(C)=O. The molecule has 0 aliphatic carbocycles. The number of carbonyl (C=O) groups excluding carboxylic acids is 2. The van der Waals surface area contributed by atoms with Gasteiger partial charge in [-0.05, 0) is 27.2 Å². The number of esters is 2. The maximum absolute atomic E-state index is 13.3. The Bertz CT molecular complexity index is 287. The molecule has 17 heavy (non-hydrogen) atoms. The van der Waals surface area contributed by atoms with Crippen molar-refractivity contribution < 1.29 is 27.8 Å². The molecule has 0 rings (SSSR count). The molecule has 0 aliphatic rings. The summed E-state index contributed by atoms with van der Waals surface area (Å²) in [4.78, 5) is 21.6. The highest BCUT2D eigenvalue weighted by Gasteiger charge is 2.42. The summed E-state index contributed by atoms with van der Waals surface area (Å²) >= 11 is 0. The molecule has 0 radical (unpaired) electrons. The molecule has 0 saturated carbocycles. The Morgan fingerprint density at radius 3 is 2.12 bits per heavy atom. The van der Waals surface area contributed by atoms with Crippen LogP contribution in [0.1, 0.15) is 40.5 Å². The summed E-state index contributed by atoms with van der Waals surface area (Å²) in [6, 6.07) is 0. The molecule has 100 valence electrons. The molecule has 0 fully saturated rings. The molecule has 0 atom stereocenters. The standard InChI is InChI=1S/C11H18F2O4/c1-5-16-9(15)11(12,13)7-6-10(3,4)17-8(2)14/h5-7H2,1-4H3. The van der Waals surface area contributed by atoms with Gasteiger partial charge < -0.3 is 9.47 Å². The fourth-order valence-corrected chi connectivity index (χ4v) is 1.24. The van der Waals surface area contributed by atoms with Gasteiger partial charge in [-0.1, -0.05) is 0 Å². The molecule has 0 bridgehead atoms. The number of rotatable bonds is 6. The molecule has 0 saturated heterocycles. The van der Waals surface area contributed by atoms with Crippen molar-refractivity contribution in [3.05, 3.63) is 0 Å². The third-order valence-corrected chi connectivity index (χ3v) is 2.04. The van der Waals surface area contributed by atoms with E-state index in [0.717, 1.165) is 0 Å². The first-order valence-corrected chi connectivity index (χ1v) is 5.35. The highest BCUT2D eigenvalue weighted by atomic mass is 19.3. The number of alkyl halides is 2. The second kappa shape index (κ2) is 5.93. The van der Waals surface area contributed by atoms with Crippen molar-refractivity contribution in [3.8, 4) is 0 Å². The van der Waals surface area contributed by atoms with E-state index in [2.05, 4.69) is 4.74 Å². The molecule has 0 aliphatic heterocycles. The van der Waals surface area contributed by atoms with Gasteiger partial charge in [-0.2, -0.15) is 8.78 Å². The van der Waals surface area contributed by atoms with Crippen molar-refractivity contribution in [2.75, 3.05) is 6.61 Å². The minimum Gasteiger partial charge on any atom is -0.462 e. The van der Waals surface area contributed by atoms with Crippen LogP contribution in [-0.4, -0.2) is 30.1 Å². The predicted octanol–water partition coefficient (Wildman–Crippen LogP) is 2.31. The lowest BCUT2D eigenvalue weighted by Gasteiger charge is -2.26. The van der Waals surface area contributed by atoms with Gasteiger partial charge in [0.05, 0.1) is 6.61 Å². The van der Waals surface area contributed by atoms with Crippen molar-refractivity contribution in [1.29, 1.82) is 0 Å². The average molecular weight is 252 g/mol. The topological polar surface area (TPSA) is 52.6 Å². The first-order chi connectivity index (χ1) is 7.60. The molecular formula is C11H18F2O4. The summed E-state index contributed by atoms with van der Waals surface area (Å²) in [5.74, 6) is -5.64. The van der Waals surface area contributed by atoms with Crippen LogP contribution < -0.4 is 0 Å². The van der Waals surface area contributed by atoms with Gasteiger partial charge in [0.25, 0.3) is 0 Å². The first kappa shape index (κ1) is 15.8. The van der Waals surface area contributed by atoms with E-state index in [-0.39, 0.29) is 13.0 Å². The molecule has 0 aromatic heterocycles. The number of hydrogen-bond donors (Lipinski definition) is 0. The number of carbonyl (C=O) groups is 2. The normalized spacial score (nSPS) is 12.1. The molecule has 0 unspecified atom stereocenters. The summed E-state index contributed by atoms with van der Waals surface area (Å²) in [5, 5.41) is 0. The zero-order valence-electron chi connectivity index (χ0n) is 10.5. The molecule has 4 nitrogen and oxygen atoms in total. The van der Waals surface area contributed by atoms with Crippen LogP contribution in [0.5, 0.6) is 0 Å². The van der Waals surface area contributed by atoms with Crippen LogP contribution in [0, 0.1) is 0 Å². The van der Waals surface area contributed by atoms with Crippen molar-refractivity contribution in [3.63, 3.8) is 0 Å². The van der Waals surface area contributed by atoms with Gasteiger partial charge in [-0.25, -0.2) is 4.79 Å². The van der Waals surface area contributed by atoms with Crippen LogP contribution in [0.15, 0.2) is 0 Å². The van der Waals surface area contributed by atoms with Gasteiger partial charge >= 0.3 is 17.9 Å². The Hall–Kier alpha value is -1.20. The van der Waals surface area contributed by atoms with Gasteiger partial charge in [-0.15, -0.1) is 0 Å².